The molecule has 0 N–H and O–H groups in total. The van der Waals surface area contributed by atoms with Gasteiger partial charge in [-0.1, -0.05) is 25.5 Å². The Morgan fingerprint density at radius 3 is 2.73 bits per heavy atom. The SMILES string of the molecule is C#C[C@]12CCCC=C1[C@@]1(C)CCC3(OCCO3)C(=C)C1CC2. The summed E-state index contributed by atoms with van der Waals surface area (Å²) in [6.45, 7) is 8.23. The molecule has 0 radical (unpaired) electrons. The molecule has 0 aromatic heterocycles. The largest absolute Gasteiger partial charge is 0.344 e. The average molecular weight is 298 g/mol. The van der Waals surface area contributed by atoms with Crippen LogP contribution in [0.4, 0.5) is 0 Å². The molecule has 0 amide bonds. The van der Waals surface area contributed by atoms with Gasteiger partial charge in [-0.15, -0.1) is 6.42 Å². The number of rotatable bonds is 0. The first-order valence-electron chi connectivity index (χ1n) is 8.72. The van der Waals surface area contributed by atoms with E-state index in [1.165, 1.54) is 18.4 Å². The van der Waals surface area contributed by atoms with Crippen molar-refractivity contribution in [2.24, 2.45) is 16.7 Å². The van der Waals surface area contributed by atoms with Crippen molar-refractivity contribution in [1.29, 1.82) is 0 Å². The van der Waals surface area contributed by atoms with Gasteiger partial charge in [0.15, 0.2) is 5.79 Å². The van der Waals surface area contributed by atoms with Crippen molar-refractivity contribution in [3.63, 3.8) is 0 Å². The molecule has 0 aromatic rings. The molecule has 3 atom stereocenters. The van der Waals surface area contributed by atoms with Crippen LogP contribution in [0.25, 0.3) is 0 Å². The monoisotopic (exact) mass is 298 g/mol. The first kappa shape index (κ1) is 14.5. The zero-order valence-corrected chi connectivity index (χ0v) is 13.6. The lowest BCUT2D eigenvalue weighted by Gasteiger charge is -2.58. The zero-order valence-electron chi connectivity index (χ0n) is 13.6. The normalized spacial score (nSPS) is 43.2. The molecule has 1 heterocycles. The predicted octanol–water partition coefficient (Wildman–Crippen LogP) is 4.23. The van der Waals surface area contributed by atoms with E-state index >= 15 is 0 Å². The zero-order chi connectivity index (χ0) is 15.4. The predicted molar refractivity (Wildman–Crippen MR) is 87.0 cm³/mol. The van der Waals surface area contributed by atoms with Gasteiger partial charge < -0.3 is 9.47 Å². The fraction of sp³-hybridized carbons (Fsp3) is 0.700. The summed E-state index contributed by atoms with van der Waals surface area (Å²) in [4.78, 5) is 0. The molecule has 1 spiro atoms. The van der Waals surface area contributed by atoms with Crippen LogP contribution in [0.2, 0.25) is 0 Å². The Bertz CT molecular complexity index is 575. The molecule has 1 unspecified atom stereocenters. The van der Waals surface area contributed by atoms with E-state index in [9.17, 15) is 0 Å². The number of terminal acetylenes is 1. The fourth-order valence-electron chi connectivity index (χ4n) is 5.64. The van der Waals surface area contributed by atoms with E-state index in [1.807, 2.05) is 0 Å². The molecule has 1 aliphatic heterocycles. The van der Waals surface area contributed by atoms with Gasteiger partial charge in [-0.2, -0.15) is 0 Å². The summed E-state index contributed by atoms with van der Waals surface area (Å²) >= 11 is 0. The average Bonchev–Trinajstić information content (AvgIpc) is 3.02. The van der Waals surface area contributed by atoms with Crippen molar-refractivity contribution in [3.8, 4) is 12.3 Å². The second kappa shape index (κ2) is 4.73. The van der Waals surface area contributed by atoms with Gasteiger partial charge in [0.25, 0.3) is 0 Å². The molecular weight excluding hydrogens is 272 g/mol. The molecule has 22 heavy (non-hydrogen) atoms. The minimum atomic E-state index is -0.504. The molecule has 2 saturated carbocycles. The van der Waals surface area contributed by atoms with Gasteiger partial charge in [-0.3, -0.25) is 0 Å². The van der Waals surface area contributed by atoms with Crippen LogP contribution in [0.3, 0.4) is 0 Å². The lowest BCUT2D eigenvalue weighted by molar-refractivity contribution is -0.163. The van der Waals surface area contributed by atoms with Gasteiger partial charge in [-0.05, 0) is 61.0 Å². The van der Waals surface area contributed by atoms with Crippen LogP contribution in [0.15, 0.2) is 23.8 Å². The molecular formula is C20H26O2. The fourth-order valence-corrected chi connectivity index (χ4v) is 5.64. The first-order chi connectivity index (χ1) is 10.6. The van der Waals surface area contributed by atoms with Gasteiger partial charge >= 0.3 is 0 Å². The Morgan fingerprint density at radius 1 is 1.23 bits per heavy atom. The standard InChI is InChI=1S/C20H26O2/c1-4-19-9-6-5-7-17(19)18(3)11-12-20(21-13-14-22-20)15(2)16(18)8-10-19/h1,7,16H,2,5-6,8-14H2,3H3/t16?,18-,19+/m0/s1. The Labute approximate surface area is 133 Å². The molecule has 0 bridgehead atoms. The molecule has 2 heteroatoms. The van der Waals surface area contributed by atoms with Gasteiger partial charge in [-0.25, -0.2) is 0 Å². The summed E-state index contributed by atoms with van der Waals surface area (Å²) < 4.78 is 12.0. The van der Waals surface area contributed by atoms with E-state index in [0.717, 1.165) is 37.7 Å². The number of allylic oxidation sites excluding steroid dienone is 2. The van der Waals surface area contributed by atoms with Crippen LogP contribution in [-0.2, 0) is 9.47 Å². The van der Waals surface area contributed by atoms with Gasteiger partial charge in [0.2, 0.25) is 0 Å². The Balaban J connectivity index is 1.74. The summed E-state index contributed by atoms with van der Waals surface area (Å²) in [6.07, 6.45) is 16.2. The Hall–Kier alpha value is -1.04. The van der Waals surface area contributed by atoms with Crippen molar-refractivity contribution in [3.05, 3.63) is 23.8 Å². The number of fused-ring (bicyclic) bond motifs is 3. The van der Waals surface area contributed by atoms with Crippen molar-refractivity contribution < 1.29 is 9.47 Å². The van der Waals surface area contributed by atoms with Crippen LogP contribution in [0.5, 0.6) is 0 Å². The maximum atomic E-state index is 6.02. The topological polar surface area (TPSA) is 18.5 Å². The Kier molecular flexibility index (Phi) is 3.13. The number of ether oxygens (including phenoxy) is 2. The van der Waals surface area contributed by atoms with Crippen LogP contribution in [-0.4, -0.2) is 19.0 Å². The van der Waals surface area contributed by atoms with Gasteiger partial charge in [0.05, 0.1) is 18.6 Å². The third kappa shape index (κ3) is 1.70. The van der Waals surface area contributed by atoms with Crippen LogP contribution >= 0.6 is 0 Å². The number of hydrogen-bond donors (Lipinski definition) is 0. The van der Waals surface area contributed by atoms with E-state index in [0.29, 0.717) is 19.1 Å². The van der Waals surface area contributed by atoms with Crippen LogP contribution < -0.4 is 0 Å². The highest BCUT2D eigenvalue weighted by atomic mass is 16.7. The van der Waals surface area contributed by atoms with Gasteiger partial charge in [0, 0.05) is 6.42 Å². The quantitative estimate of drug-likeness (QED) is 0.492. The maximum absolute atomic E-state index is 6.02. The summed E-state index contributed by atoms with van der Waals surface area (Å²) in [5, 5.41) is 0. The lowest BCUT2D eigenvalue weighted by atomic mass is 9.47. The maximum Gasteiger partial charge on any atom is 0.190 e. The molecule has 3 aliphatic carbocycles. The third-order valence-electron chi connectivity index (χ3n) is 6.83. The van der Waals surface area contributed by atoms with E-state index in [1.54, 1.807) is 0 Å². The van der Waals surface area contributed by atoms with E-state index < -0.39 is 5.79 Å². The van der Waals surface area contributed by atoms with Crippen LogP contribution in [0.1, 0.15) is 51.9 Å². The lowest BCUT2D eigenvalue weighted by Crippen LogP contribution is -2.53. The van der Waals surface area contributed by atoms with E-state index in [4.69, 9.17) is 15.9 Å². The minimum absolute atomic E-state index is 0.00563. The second-order valence-electron chi connectivity index (χ2n) is 7.72. The molecule has 118 valence electrons. The Morgan fingerprint density at radius 2 is 2.00 bits per heavy atom. The first-order valence-corrected chi connectivity index (χ1v) is 8.72. The minimum Gasteiger partial charge on any atom is -0.344 e. The molecule has 3 fully saturated rings. The third-order valence-corrected chi connectivity index (χ3v) is 6.83. The summed E-state index contributed by atoms with van der Waals surface area (Å²) in [5.74, 6) is 3.12. The van der Waals surface area contributed by atoms with Crippen molar-refractivity contribution in [1.82, 2.24) is 0 Å². The molecule has 4 aliphatic rings. The van der Waals surface area contributed by atoms with Crippen molar-refractivity contribution >= 4 is 0 Å². The van der Waals surface area contributed by atoms with E-state index in [-0.39, 0.29) is 10.8 Å². The molecule has 1 saturated heterocycles. The highest BCUT2D eigenvalue weighted by Gasteiger charge is 2.59. The second-order valence-corrected chi connectivity index (χ2v) is 7.72. The highest BCUT2D eigenvalue weighted by Crippen LogP contribution is 2.65. The smallest absolute Gasteiger partial charge is 0.190 e. The molecule has 4 rings (SSSR count). The highest BCUT2D eigenvalue weighted by molar-refractivity contribution is 5.40. The molecule has 2 nitrogen and oxygen atoms in total. The summed E-state index contributed by atoms with van der Waals surface area (Å²) in [5.41, 5.74) is 2.84. The van der Waals surface area contributed by atoms with Crippen molar-refractivity contribution in [2.45, 2.75) is 57.7 Å². The summed E-state index contributed by atoms with van der Waals surface area (Å²) in [7, 11) is 0. The number of hydrogen-bond acceptors (Lipinski definition) is 2. The van der Waals surface area contributed by atoms with Gasteiger partial charge in [0.1, 0.15) is 0 Å². The van der Waals surface area contributed by atoms with E-state index in [2.05, 4.69) is 25.5 Å². The summed E-state index contributed by atoms with van der Waals surface area (Å²) in [6, 6.07) is 0. The van der Waals surface area contributed by atoms with Crippen LogP contribution in [0, 0.1) is 29.1 Å². The molecule has 0 aromatic carbocycles. The van der Waals surface area contributed by atoms with Crippen molar-refractivity contribution in [2.75, 3.05) is 13.2 Å².